The lowest BCUT2D eigenvalue weighted by molar-refractivity contribution is 0.0919. The van der Waals surface area contributed by atoms with Gasteiger partial charge in [0.05, 0.1) is 28.7 Å². The van der Waals surface area contributed by atoms with Crippen LogP contribution in [0.25, 0.3) is 0 Å². The molecule has 34 heavy (non-hydrogen) atoms. The van der Waals surface area contributed by atoms with Gasteiger partial charge in [-0.25, -0.2) is 8.42 Å². The molecular weight excluding hydrogens is 516 g/mol. The van der Waals surface area contributed by atoms with Gasteiger partial charge in [0.2, 0.25) is 0 Å². The van der Waals surface area contributed by atoms with E-state index in [2.05, 4.69) is 21.2 Å². The molecule has 0 aliphatic rings. The third-order valence-electron chi connectivity index (χ3n) is 5.06. The largest absolute Gasteiger partial charge is 0.496 e. The standard InChI is InChI=1S/C26H29BrN2O4S/c1-18-6-12-21(13-7-18)29(34(31,32)22-14-15-24(33-5)23(27)16-22)17-19-8-10-20(11-9-19)25(30)28-26(2,3)4/h6-16H,17H2,1-5H3,(H,28,30). The lowest BCUT2D eigenvalue weighted by Crippen LogP contribution is -2.40. The van der Waals surface area contributed by atoms with Gasteiger partial charge in [0, 0.05) is 11.1 Å². The molecule has 0 heterocycles. The lowest BCUT2D eigenvalue weighted by atomic mass is 10.1. The number of rotatable bonds is 7. The number of methoxy groups -OCH3 is 1. The number of hydrogen-bond donors (Lipinski definition) is 1. The maximum atomic E-state index is 13.7. The second kappa shape index (κ2) is 10.2. The molecule has 0 aliphatic carbocycles. The number of carbonyl (C=O) groups excluding carboxylic acids is 1. The van der Waals surface area contributed by atoms with Crippen LogP contribution in [0.2, 0.25) is 0 Å². The summed E-state index contributed by atoms with van der Waals surface area (Å²) in [6, 6.07) is 19.0. The van der Waals surface area contributed by atoms with E-state index in [1.807, 2.05) is 39.8 Å². The summed E-state index contributed by atoms with van der Waals surface area (Å²) in [7, 11) is -2.37. The molecule has 0 aliphatic heterocycles. The van der Waals surface area contributed by atoms with Gasteiger partial charge in [0.25, 0.3) is 15.9 Å². The molecule has 180 valence electrons. The Morgan fingerprint density at radius 2 is 1.62 bits per heavy atom. The molecule has 0 bridgehead atoms. The van der Waals surface area contributed by atoms with Crippen LogP contribution in [0.15, 0.2) is 76.1 Å². The van der Waals surface area contributed by atoms with E-state index in [0.29, 0.717) is 21.5 Å². The first-order valence-corrected chi connectivity index (χ1v) is 13.0. The fourth-order valence-corrected chi connectivity index (χ4v) is 5.47. The maximum absolute atomic E-state index is 13.7. The topological polar surface area (TPSA) is 75.7 Å². The Balaban J connectivity index is 1.97. The number of nitrogens with one attached hydrogen (secondary N) is 1. The number of amides is 1. The minimum Gasteiger partial charge on any atom is -0.496 e. The second-order valence-electron chi connectivity index (χ2n) is 9.04. The number of ether oxygens (including phenoxy) is 1. The Kier molecular flexibility index (Phi) is 7.73. The molecular formula is C26H29BrN2O4S. The zero-order valence-electron chi connectivity index (χ0n) is 19.9. The lowest BCUT2D eigenvalue weighted by Gasteiger charge is -2.25. The summed E-state index contributed by atoms with van der Waals surface area (Å²) in [5, 5.41) is 2.93. The Hall–Kier alpha value is -2.84. The Labute approximate surface area is 210 Å². The number of halogens is 1. The van der Waals surface area contributed by atoms with Crippen molar-refractivity contribution in [2.75, 3.05) is 11.4 Å². The molecule has 3 rings (SSSR count). The highest BCUT2D eigenvalue weighted by Crippen LogP contribution is 2.31. The molecule has 0 fully saturated rings. The van der Waals surface area contributed by atoms with Gasteiger partial charge in [0.15, 0.2) is 0 Å². The molecule has 1 amide bonds. The summed E-state index contributed by atoms with van der Waals surface area (Å²) < 4.78 is 34.6. The van der Waals surface area contributed by atoms with E-state index >= 15 is 0 Å². The molecule has 0 atom stereocenters. The molecule has 0 saturated carbocycles. The highest BCUT2D eigenvalue weighted by atomic mass is 79.9. The summed E-state index contributed by atoms with van der Waals surface area (Å²) >= 11 is 3.38. The predicted octanol–water partition coefficient (Wildman–Crippen LogP) is 5.69. The molecule has 0 spiro atoms. The number of carbonyl (C=O) groups is 1. The first-order chi connectivity index (χ1) is 15.9. The minimum atomic E-state index is -3.89. The van der Waals surface area contributed by atoms with Crippen LogP contribution in [0.1, 0.15) is 42.3 Å². The number of benzene rings is 3. The van der Waals surface area contributed by atoms with E-state index in [-0.39, 0.29) is 22.9 Å². The van der Waals surface area contributed by atoms with E-state index in [9.17, 15) is 13.2 Å². The fourth-order valence-electron chi connectivity index (χ4n) is 3.30. The first kappa shape index (κ1) is 25.8. The first-order valence-electron chi connectivity index (χ1n) is 10.7. The van der Waals surface area contributed by atoms with Crippen molar-refractivity contribution in [2.24, 2.45) is 0 Å². The smallest absolute Gasteiger partial charge is 0.264 e. The van der Waals surface area contributed by atoms with Crippen LogP contribution in [0.5, 0.6) is 5.75 Å². The van der Waals surface area contributed by atoms with Crippen molar-refractivity contribution < 1.29 is 17.9 Å². The van der Waals surface area contributed by atoms with Gasteiger partial charge in [-0.3, -0.25) is 9.10 Å². The molecule has 1 N–H and O–H groups in total. The normalized spacial score (nSPS) is 11.7. The average Bonchev–Trinajstić information content (AvgIpc) is 2.77. The molecule has 0 aromatic heterocycles. The molecule has 0 saturated heterocycles. The number of nitrogens with zero attached hydrogens (tertiary/aromatic N) is 1. The third-order valence-corrected chi connectivity index (χ3v) is 7.45. The van der Waals surface area contributed by atoms with Gasteiger partial charge in [-0.1, -0.05) is 29.8 Å². The van der Waals surface area contributed by atoms with Crippen LogP contribution in [-0.4, -0.2) is 27.0 Å². The van der Waals surface area contributed by atoms with Crippen LogP contribution in [0.4, 0.5) is 5.69 Å². The van der Waals surface area contributed by atoms with Crippen molar-refractivity contribution in [3.8, 4) is 5.75 Å². The zero-order chi connectivity index (χ0) is 25.1. The van der Waals surface area contributed by atoms with Crippen LogP contribution < -0.4 is 14.4 Å². The second-order valence-corrected chi connectivity index (χ2v) is 11.8. The summed E-state index contributed by atoms with van der Waals surface area (Å²) in [5.41, 5.74) is 2.50. The van der Waals surface area contributed by atoms with Crippen molar-refractivity contribution in [3.05, 3.63) is 87.9 Å². The van der Waals surface area contributed by atoms with Crippen molar-refractivity contribution in [1.82, 2.24) is 5.32 Å². The highest BCUT2D eigenvalue weighted by molar-refractivity contribution is 9.10. The maximum Gasteiger partial charge on any atom is 0.264 e. The quantitative estimate of drug-likeness (QED) is 0.414. The van der Waals surface area contributed by atoms with Crippen LogP contribution in [-0.2, 0) is 16.6 Å². The number of aryl methyl sites for hydroxylation is 1. The molecule has 8 heteroatoms. The fraction of sp³-hybridized carbons (Fsp3) is 0.269. The van der Waals surface area contributed by atoms with E-state index in [4.69, 9.17) is 4.74 Å². The number of anilines is 1. The van der Waals surface area contributed by atoms with Gasteiger partial charge in [-0.15, -0.1) is 0 Å². The third kappa shape index (κ3) is 6.18. The molecule has 0 unspecified atom stereocenters. The van der Waals surface area contributed by atoms with Crippen molar-refractivity contribution in [1.29, 1.82) is 0 Å². The Morgan fingerprint density at radius 1 is 1.00 bits per heavy atom. The summed E-state index contributed by atoms with van der Waals surface area (Å²) in [6.45, 7) is 7.81. The summed E-state index contributed by atoms with van der Waals surface area (Å²) in [5.74, 6) is 0.370. The number of hydrogen-bond acceptors (Lipinski definition) is 4. The van der Waals surface area contributed by atoms with Gasteiger partial charge in [-0.2, -0.15) is 0 Å². The predicted molar refractivity (Wildman–Crippen MR) is 139 cm³/mol. The SMILES string of the molecule is COc1ccc(S(=O)(=O)N(Cc2ccc(C(=O)NC(C)(C)C)cc2)c2ccc(C)cc2)cc1Br. The monoisotopic (exact) mass is 544 g/mol. The van der Waals surface area contributed by atoms with E-state index in [0.717, 1.165) is 11.1 Å². The van der Waals surface area contributed by atoms with E-state index in [1.54, 1.807) is 42.5 Å². The summed E-state index contributed by atoms with van der Waals surface area (Å²) in [6.07, 6.45) is 0. The number of sulfonamides is 1. The van der Waals surface area contributed by atoms with Gasteiger partial charge < -0.3 is 10.1 Å². The van der Waals surface area contributed by atoms with Crippen molar-refractivity contribution in [3.63, 3.8) is 0 Å². The highest BCUT2D eigenvalue weighted by Gasteiger charge is 2.26. The van der Waals surface area contributed by atoms with E-state index in [1.165, 1.54) is 23.5 Å². The van der Waals surface area contributed by atoms with E-state index < -0.39 is 10.0 Å². The molecule has 3 aromatic rings. The zero-order valence-corrected chi connectivity index (χ0v) is 22.3. The minimum absolute atomic E-state index is 0.107. The van der Waals surface area contributed by atoms with Crippen LogP contribution in [0, 0.1) is 6.92 Å². The molecule has 3 aromatic carbocycles. The molecule has 6 nitrogen and oxygen atoms in total. The summed E-state index contributed by atoms with van der Waals surface area (Å²) in [4.78, 5) is 12.6. The Morgan fingerprint density at radius 3 is 2.15 bits per heavy atom. The van der Waals surface area contributed by atoms with Crippen molar-refractivity contribution in [2.45, 2.75) is 44.7 Å². The van der Waals surface area contributed by atoms with Crippen molar-refractivity contribution >= 4 is 37.5 Å². The van der Waals surface area contributed by atoms with Gasteiger partial charge in [-0.05, 0) is 91.7 Å². The van der Waals surface area contributed by atoms with Crippen LogP contribution in [0.3, 0.4) is 0 Å². The van der Waals surface area contributed by atoms with Gasteiger partial charge >= 0.3 is 0 Å². The average molecular weight is 545 g/mol. The van der Waals surface area contributed by atoms with Gasteiger partial charge in [0.1, 0.15) is 5.75 Å². The molecule has 0 radical (unpaired) electrons. The van der Waals surface area contributed by atoms with Crippen LogP contribution >= 0.6 is 15.9 Å². The Bertz CT molecular complexity index is 1270.